The van der Waals surface area contributed by atoms with Crippen LogP contribution in [0.2, 0.25) is 0 Å². The summed E-state index contributed by atoms with van der Waals surface area (Å²) in [5, 5.41) is 1.48. The Morgan fingerprint density at radius 3 is 2.15 bits per heavy atom. The van der Waals surface area contributed by atoms with E-state index >= 15 is 0 Å². The zero-order valence-electron chi connectivity index (χ0n) is 13.3. The number of thiophene rings is 1. The van der Waals surface area contributed by atoms with Gasteiger partial charge in [-0.2, -0.15) is 5.12 Å². The van der Waals surface area contributed by atoms with Crippen molar-refractivity contribution in [2.24, 2.45) is 0 Å². The summed E-state index contributed by atoms with van der Waals surface area (Å²) < 4.78 is 5.49. The van der Waals surface area contributed by atoms with E-state index in [9.17, 15) is 4.79 Å². The number of amides is 1. The lowest BCUT2D eigenvalue weighted by molar-refractivity contribution is 0.0529. The van der Waals surface area contributed by atoms with E-state index < -0.39 is 0 Å². The van der Waals surface area contributed by atoms with Gasteiger partial charge in [-0.05, 0) is 24.3 Å². The van der Waals surface area contributed by atoms with Crippen LogP contribution in [0.4, 0.5) is 0 Å². The van der Waals surface area contributed by atoms with Crippen molar-refractivity contribution in [2.75, 3.05) is 20.2 Å². The van der Waals surface area contributed by atoms with Crippen molar-refractivity contribution < 1.29 is 9.53 Å². The van der Waals surface area contributed by atoms with Crippen LogP contribution < -0.4 is 15.6 Å². The number of hydrogen-bond acceptors (Lipinski definition) is 4. The number of ether oxygens (including phenoxy) is 1. The molecular formula is C14H26N3O2S+. The maximum atomic E-state index is 12.8. The van der Waals surface area contributed by atoms with Gasteiger partial charge in [-0.25, -0.2) is 10.9 Å². The molecule has 1 rings (SSSR count). The van der Waals surface area contributed by atoms with Gasteiger partial charge in [0.1, 0.15) is 5.75 Å². The largest absolute Gasteiger partial charge is 0.491 e. The summed E-state index contributed by atoms with van der Waals surface area (Å²) >= 11 is 0. The maximum absolute atomic E-state index is 12.8. The summed E-state index contributed by atoms with van der Waals surface area (Å²) in [6.45, 7) is 11.5. The highest BCUT2D eigenvalue weighted by molar-refractivity contribution is 7.32. The van der Waals surface area contributed by atoms with Gasteiger partial charge in [0.2, 0.25) is 0 Å². The minimum Gasteiger partial charge on any atom is -0.491 e. The number of nitrogens with one attached hydrogen (secondary N) is 2. The molecule has 2 N–H and O–H groups in total. The monoisotopic (exact) mass is 300 g/mol. The first-order valence-electron chi connectivity index (χ1n) is 7.01. The molecule has 1 aromatic heterocycles. The second kappa shape index (κ2) is 7.61. The van der Waals surface area contributed by atoms with Crippen molar-refractivity contribution in [2.45, 2.75) is 40.4 Å². The van der Waals surface area contributed by atoms with Gasteiger partial charge < -0.3 is 4.74 Å². The average Bonchev–Trinajstić information content (AvgIpc) is 2.69. The average molecular weight is 300 g/mol. The predicted octanol–water partition coefficient (Wildman–Crippen LogP) is 2.57. The maximum Gasteiger partial charge on any atom is 0.339 e. The Morgan fingerprint density at radius 1 is 1.20 bits per heavy atom. The number of carbonyl (C=O) groups is 1. The highest BCUT2D eigenvalue weighted by Crippen LogP contribution is 2.43. The van der Waals surface area contributed by atoms with Crippen LogP contribution in [0.5, 0.6) is 5.75 Å². The number of methoxy groups -OCH3 is 1. The molecule has 0 radical (unpaired) electrons. The standard InChI is InChI=1S/C14H26N3O2S/c1-7-15-17(16-8-2)14(18)13-12(19-6)10(4)11(5)20(13)9-3/h15-16H,7-9H2,1-6H3/q+1. The molecule has 5 nitrogen and oxygen atoms in total. The first-order valence-corrected chi connectivity index (χ1v) is 8.41. The lowest BCUT2D eigenvalue weighted by atomic mass is 10.2. The lowest BCUT2D eigenvalue weighted by Gasteiger charge is -2.21. The quantitative estimate of drug-likeness (QED) is 0.600. The van der Waals surface area contributed by atoms with Gasteiger partial charge in [-0.3, -0.25) is 4.79 Å². The van der Waals surface area contributed by atoms with E-state index in [0.29, 0.717) is 13.1 Å². The SMILES string of the molecule is CCNN(NCC)C(=O)c1c(OC)c(C)c(C)[s+]1CC. The van der Waals surface area contributed by atoms with E-state index in [1.807, 2.05) is 20.8 Å². The van der Waals surface area contributed by atoms with E-state index in [0.717, 1.165) is 21.9 Å². The molecule has 1 unspecified atom stereocenters. The molecule has 114 valence electrons. The Balaban J connectivity index is 3.28. The smallest absolute Gasteiger partial charge is 0.339 e. The van der Waals surface area contributed by atoms with E-state index in [-0.39, 0.29) is 16.4 Å². The van der Waals surface area contributed by atoms with Gasteiger partial charge in [0.15, 0.2) is 10.6 Å². The van der Waals surface area contributed by atoms with E-state index in [1.165, 1.54) is 10.00 Å². The first kappa shape index (κ1) is 16.9. The Bertz CT molecular complexity index is 438. The molecule has 6 heteroatoms. The molecule has 0 saturated heterocycles. The van der Waals surface area contributed by atoms with Crippen LogP contribution in [0.1, 0.15) is 40.9 Å². The lowest BCUT2D eigenvalue weighted by Crippen LogP contribution is -2.51. The second-order valence-corrected chi connectivity index (χ2v) is 6.77. The first-order chi connectivity index (χ1) is 9.53. The molecule has 0 aliphatic carbocycles. The molecule has 20 heavy (non-hydrogen) atoms. The molecule has 1 amide bonds. The normalized spacial score (nSPS) is 11.6. The molecule has 0 saturated carbocycles. The predicted molar refractivity (Wildman–Crippen MR) is 84.1 cm³/mol. The third kappa shape index (κ3) is 3.13. The number of carbonyl (C=O) groups excluding carboxylic acids is 1. The molecule has 1 heterocycles. The van der Waals surface area contributed by atoms with Crippen molar-refractivity contribution in [3.8, 4) is 5.75 Å². The van der Waals surface area contributed by atoms with Gasteiger partial charge in [0, 0.05) is 20.0 Å². The van der Waals surface area contributed by atoms with Gasteiger partial charge in [-0.1, -0.05) is 13.8 Å². The van der Waals surface area contributed by atoms with Gasteiger partial charge in [-0.15, -0.1) is 0 Å². The number of rotatable bonds is 7. The molecule has 1 aromatic rings. The highest BCUT2D eigenvalue weighted by Gasteiger charge is 2.36. The Hall–Kier alpha value is -1.11. The minimum atomic E-state index is -0.172. The molecule has 0 aliphatic rings. The van der Waals surface area contributed by atoms with Gasteiger partial charge in [0.05, 0.1) is 12.7 Å². The highest BCUT2D eigenvalue weighted by atomic mass is 32.2. The molecule has 0 spiro atoms. The summed E-state index contributed by atoms with van der Waals surface area (Å²) in [5.74, 6) is 1.61. The summed E-state index contributed by atoms with van der Waals surface area (Å²) in [6.07, 6.45) is 0. The molecule has 0 fully saturated rings. The van der Waals surface area contributed by atoms with Crippen molar-refractivity contribution in [1.29, 1.82) is 0 Å². The third-order valence-corrected chi connectivity index (χ3v) is 5.69. The minimum absolute atomic E-state index is 0.0491. The van der Waals surface area contributed by atoms with E-state index in [1.54, 1.807) is 7.11 Å². The second-order valence-electron chi connectivity index (χ2n) is 4.39. The van der Waals surface area contributed by atoms with Crippen molar-refractivity contribution in [1.82, 2.24) is 16.0 Å². The molecule has 0 aromatic carbocycles. The third-order valence-electron chi connectivity index (χ3n) is 3.21. The number of hydrogen-bond donors (Lipinski definition) is 2. The van der Waals surface area contributed by atoms with Crippen LogP contribution in [-0.4, -0.2) is 31.2 Å². The fraction of sp³-hybridized carbons (Fsp3) is 0.643. The van der Waals surface area contributed by atoms with Crippen molar-refractivity contribution in [3.63, 3.8) is 0 Å². The summed E-state index contributed by atoms with van der Waals surface area (Å²) in [4.78, 5) is 14.8. The fourth-order valence-electron chi connectivity index (χ4n) is 2.21. The van der Waals surface area contributed by atoms with E-state index in [4.69, 9.17) is 4.74 Å². The van der Waals surface area contributed by atoms with Crippen molar-refractivity contribution >= 4 is 16.4 Å². The van der Waals surface area contributed by atoms with Crippen LogP contribution in [0.25, 0.3) is 0 Å². The molecule has 0 bridgehead atoms. The summed E-state index contributed by atoms with van der Waals surface area (Å²) in [7, 11) is 1.46. The van der Waals surface area contributed by atoms with Crippen LogP contribution in [0.3, 0.4) is 0 Å². The van der Waals surface area contributed by atoms with Gasteiger partial charge in [0.25, 0.3) is 4.88 Å². The molecule has 1 atom stereocenters. The van der Waals surface area contributed by atoms with Crippen LogP contribution in [0, 0.1) is 13.8 Å². The van der Waals surface area contributed by atoms with E-state index in [2.05, 4.69) is 24.7 Å². The molecule has 0 aliphatic heterocycles. The van der Waals surface area contributed by atoms with Gasteiger partial charge >= 0.3 is 5.91 Å². The van der Waals surface area contributed by atoms with Crippen LogP contribution in [-0.2, 0) is 5.75 Å². The Morgan fingerprint density at radius 2 is 1.75 bits per heavy atom. The zero-order chi connectivity index (χ0) is 15.3. The number of hydrazine groups is 2. The molecular weight excluding hydrogens is 274 g/mol. The fourth-order valence-corrected chi connectivity index (χ4v) is 4.46. The zero-order valence-corrected chi connectivity index (χ0v) is 14.1. The van der Waals surface area contributed by atoms with Crippen LogP contribution in [0.15, 0.2) is 0 Å². The summed E-state index contributed by atoms with van der Waals surface area (Å²) in [6, 6.07) is 0. The summed E-state index contributed by atoms with van der Waals surface area (Å²) in [5.41, 5.74) is 7.19. The van der Waals surface area contributed by atoms with Crippen molar-refractivity contribution in [3.05, 3.63) is 15.3 Å². The Labute approximate surface area is 124 Å². The topological polar surface area (TPSA) is 53.6 Å². The number of nitrogens with zero attached hydrogens (tertiary/aromatic N) is 1. The Kier molecular flexibility index (Phi) is 6.45. The van der Waals surface area contributed by atoms with Crippen LogP contribution >= 0.6 is 10.5 Å².